The van der Waals surface area contributed by atoms with Gasteiger partial charge in [-0.3, -0.25) is 4.90 Å². The van der Waals surface area contributed by atoms with E-state index in [0.717, 1.165) is 36.2 Å². The smallest absolute Gasteiger partial charge is 0.128 e. The number of likely N-dealkylation sites (N-methyl/N-ethyl adjacent to an activating group) is 1. The molecule has 1 aromatic carbocycles. The van der Waals surface area contributed by atoms with Crippen molar-refractivity contribution in [3.8, 4) is 0 Å². The van der Waals surface area contributed by atoms with Crippen LogP contribution in [0.2, 0.25) is 0 Å². The van der Waals surface area contributed by atoms with Crippen molar-refractivity contribution in [1.82, 2.24) is 10.2 Å². The SMILES string of the molecule is CCC(C)(C(NC)c1c(C)cc(C)cc1F)N1CCCC1. The zero-order chi connectivity index (χ0) is 15.6. The number of nitrogens with one attached hydrogen (secondary N) is 1. The fourth-order valence-corrected chi connectivity index (χ4v) is 3.90. The Hall–Kier alpha value is -0.930. The second kappa shape index (κ2) is 6.45. The van der Waals surface area contributed by atoms with Crippen LogP contribution in [0.15, 0.2) is 12.1 Å². The van der Waals surface area contributed by atoms with E-state index in [2.05, 4.69) is 30.1 Å². The highest BCUT2D eigenvalue weighted by atomic mass is 19.1. The summed E-state index contributed by atoms with van der Waals surface area (Å²) in [5, 5.41) is 3.41. The standard InChI is InChI=1S/C18H29FN2/c1-6-18(4,21-9-7-8-10-21)17(20-5)16-14(3)11-13(2)12-15(16)19/h11-12,17,20H,6-10H2,1-5H3. The van der Waals surface area contributed by atoms with Crippen molar-refractivity contribution in [2.24, 2.45) is 0 Å². The Bertz CT molecular complexity index is 471. The van der Waals surface area contributed by atoms with Crippen molar-refractivity contribution in [2.75, 3.05) is 20.1 Å². The van der Waals surface area contributed by atoms with Crippen molar-refractivity contribution in [2.45, 2.75) is 58.5 Å². The summed E-state index contributed by atoms with van der Waals surface area (Å²) in [6.07, 6.45) is 3.51. The van der Waals surface area contributed by atoms with Gasteiger partial charge < -0.3 is 5.32 Å². The van der Waals surface area contributed by atoms with Crippen LogP contribution in [0, 0.1) is 19.7 Å². The van der Waals surface area contributed by atoms with Crippen molar-refractivity contribution in [3.05, 3.63) is 34.6 Å². The highest BCUT2D eigenvalue weighted by Gasteiger charge is 2.41. The van der Waals surface area contributed by atoms with Crippen LogP contribution in [-0.4, -0.2) is 30.6 Å². The zero-order valence-corrected chi connectivity index (χ0v) is 14.1. The van der Waals surface area contributed by atoms with Crippen molar-refractivity contribution < 1.29 is 4.39 Å². The number of hydrogen-bond donors (Lipinski definition) is 1. The van der Waals surface area contributed by atoms with Crippen molar-refractivity contribution >= 4 is 0 Å². The normalized spacial score (nSPS) is 20.5. The van der Waals surface area contributed by atoms with Crippen LogP contribution in [0.25, 0.3) is 0 Å². The van der Waals surface area contributed by atoms with Crippen LogP contribution in [0.1, 0.15) is 55.8 Å². The van der Waals surface area contributed by atoms with E-state index >= 15 is 0 Å². The predicted octanol–water partition coefficient (Wildman–Crippen LogP) is 3.97. The Kier molecular flexibility index (Phi) is 5.05. The topological polar surface area (TPSA) is 15.3 Å². The fourth-order valence-electron chi connectivity index (χ4n) is 3.90. The molecule has 0 aliphatic carbocycles. The van der Waals surface area contributed by atoms with E-state index < -0.39 is 0 Å². The van der Waals surface area contributed by atoms with Gasteiger partial charge in [0.25, 0.3) is 0 Å². The molecule has 0 saturated carbocycles. The molecule has 2 unspecified atom stereocenters. The molecule has 1 heterocycles. The third kappa shape index (κ3) is 3.00. The molecular formula is C18H29FN2. The summed E-state index contributed by atoms with van der Waals surface area (Å²) in [6.45, 7) is 10.7. The summed E-state index contributed by atoms with van der Waals surface area (Å²) in [6, 6.07) is 3.76. The molecule has 2 atom stereocenters. The first kappa shape index (κ1) is 16.4. The second-order valence-electron chi connectivity index (χ2n) is 6.60. The Morgan fingerprint density at radius 3 is 2.38 bits per heavy atom. The van der Waals surface area contributed by atoms with Gasteiger partial charge in [0, 0.05) is 11.1 Å². The Morgan fingerprint density at radius 2 is 1.90 bits per heavy atom. The lowest BCUT2D eigenvalue weighted by Crippen LogP contribution is -2.53. The fraction of sp³-hybridized carbons (Fsp3) is 0.667. The minimum atomic E-state index is -0.0780. The number of halogens is 1. The molecule has 1 N–H and O–H groups in total. The van der Waals surface area contributed by atoms with Gasteiger partial charge in [-0.25, -0.2) is 4.39 Å². The number of aryl methyl sites for hydroxylation is 2. The van der Waals surface area contributed by atoms with Gasteiger partial charge in [-0.2, -0.15) is 0 Å². The first-order valence-electron chi connectivity index (χ1n) is 8.13. The molecule has 0 bridgehead atoms. The van der Waals surface area contributed by atoms with Gasteiger partial charge in [0.05, 0.1) is 6.04 Å². The van der Waals surface area contributed by atoms with Gasteiger partial charge >= 0.3 is 0 Å². The molecule has 0 amide bonds. The Balaban J connectivity index is 2.46. The van der Waals surface area contributed by atoms with E-state index in [0.29, 0.717) is 0 Å². The lowest BCUT2D eigenvalue weighted by atomic mass is 9.81. The molecule has 2 nitrogen and oxygen atoms in total. The summed E-state index contributed by atoms with van der Waals surface area (Å²) in [5.74, 6) is -0.0780. The highest BCUT2D eigenvalue weighted by molar-refractivity contribution is 5.36. The maximum absolute atomic E-state index is 14.6. The Morgan fingerprint density at radius 1 is 1.29 bits per heavy atom. The molecular weight excluding hydrogens is 263 g/mol. The number of likely N-dealkylation sites (tertiary alicyclic amines) is 1. The average molecular weight is 292 g/mol. The molecule has 0 spiro atoms. The summed E-state index contributed by atoms with van der Waals surface area (Å²) >= 11 is 0. The molecule has 1 aliphatic heterocycles. The quantitative estimate of drug-likeness (QED) is 0.883. The van der Waals surface area contributed by atoms with E-state index in [9.17, 15) is 4.39 Å². The minimum absolute atomic E-state index is 0.0150. The first-order chi connectivity index (χ1) is 9.93. The van der Waals surface area contributed by atoms with Crippen LogP contribution in [0.4, 0.5) is 4.39 Å². The van der Waals surface area contributed by atoms with E-state index in [1.807, 2.05) is 20.9 Å². The largest absolute Gasteiger partial charge is 0.311 e. The van der Waals surface area contributed by atoms with Gasteiger partial charge in [-0.05, 0) is 77.4 Å². The van der Waals surface area contributed by atoms with Gasteiger partial charge in [0.2, 0.25) is 0 Å². The van der Waals surface area contributed by atoms with E-state index in [1.54, 1.807) is 6.07 Å². The summed E-state index contributed by atoms with van der Waals surface area (Å²) in [5.41, 5.74) is 2.82. The third-order valence-corrected chi connectivity index (χ3v) is 5.22. The van der Waals surface area contributed by atoms with Crippen LogP contribution in [0.3, 0.4) is 0 Å². The van der Waals surface area contributed by atoms with Crippen molar-refractivity contribution in [1.29, 1.82) is 0 Å². The molecule has 0 radical (unpaired) electrons. The monoisotopic (exact) mass is 292 g/mol. The van der Waals surface area contributed by atoms with Crippen LogP contribution < -0.4 is 5.32 Å². The van der Waals surface area contributed by atoms with Crippen molar-refractivity contribution in [3.63, 3.8) is 0 Å². The number of rotatable bonds is 5. The first-order valence-corrected chi connectivity index (χ1v) is 8.13. The van der Waals surface area contributed by atoms with Crippen LogP contribution in [-0.2, 0) is 0 Å². The molecule has 21 heavy (non-hydrogen) atoms. The molecule has 0 aromatic heterocycles. The van der Waals surface area contributed by atoms with E-state index in [-0.39, 0.29) is 17.4 Å². The number of nitrogens with zero attached hydrogens (tertiary/aromatic N) is 1. The number of hydrogen-bond acceptors (Lipinski definition) is 2. The lowest BCUT2D eigenvalue weighted by Gasteiger charge is -2.45. The molecule has 1 aromatic rings. The van der Waals surface area contributed by atoms with Gasteiger partial charge in [0.15, 0.2) is 0 Å². The summed E-state index contributed by atoms with van der Waals surface area (Å²) in [4.78, 5) is 2.53. The minimum Gasteiger partial charge on any atom is -0.311 e. The molecule has 3 heteroatoms. The van der Waals surface area contributed by atoms with Gasteiger partial charge in [-0.15, -0.1) is 0 Å². The zero-order valence-electron chi connectivity index (χ0n) is 14.1. The third-order valence-electron chi connectivity index (χ3n) is 5.22. The number of benzene rings is 1. The maximum atomic E-state index is 14.6. The predicted molar refractivity (Wildman–Crippen MR) is 87.2 cm³/mol. The average Bonchev–Trinajstić information content (AvgIpc) is 2.96. The molecule has 1 aliphatic rings. The molecule has 1 saturated heterocycles. The Labute approximate surface area is 128 Å². The molecule has 2 rings (SSSR count). The maximum Gasteiger partial charge on any atom is 0.128 e. The highest BCUT2D eigenvalue weighted by Crippen LogP contribution is 2.38. The van der Waals surface area contributed by atoms with E-state index in [4.69, 9.17) is 0 Å². The van der Waals surface area contributed by atoms with Gasteiger partial charge in [0.1, 0.15) is 5.82 Å². The van der Waals surface area contributed by atoms with Gasteiger partial charge in [-0.1, -0.05) is 13.0 Å². The molecule has 118 valence electrons. The second-order valence-corrected chi connectivity index (χ2v) is 6.60. The summed E-state index contributed by atoms with van der Waals surface area (Å²) < 4.78 is 14.6. The van der Waals surface area contributed by atoms with Crippen LogP contribution in [0.5, 0.6) is 0 Å². The lowest BCUT2D eigenvalue weighted by molar-refractivity contribution is 0.0855. The van der Waals surface area contributed by atoms with Crippen LogP contribution >= 0.6 is 0 Å². The van der Waals surface area contributed by atoms with E-state index in [1.165, 1.54) is 12.8 Å². The summed E-state index contributed by atoms with van der Waals surface area (Å²) in [7, 11) is 1.95. The molecule has 1 fully saturated rings.